The van der Waals surface area contributed by atoms with Gasteiger partial charge < -0.3 is 10.6 Å². The number of nitrogens with two attached hydrogens (primary N) is 1. The first-order valence-corrected chi connectivity index (χ1v) is 10.8. The Morgan fingerprint density at radius 1 is 1.16 bits per heavy atom. The van der Waals surface area contributed by atoms with Gasteiger partial charge in [0.1, 0.15) is 11.5 Å². The molecule has 0 spiro atoms. The number of H-pyrrole nitrogens is 1. The second-order valence-electron chi connectivity index (χ2n) is 8.87. The number of amides is 2. The van der Waals surface area contributed by atoms with E-state index in [1.165, 1.54) is 12.1 Å². The van der Waals surface area contributed by atoms with Crippen molar-refractivity contribution >= 4 is 11.8 Å². The average molecular weight is 435 g/mol. The Morgan fingerprint density at radius 2 is 1.91 bits per heavy atom. The lowest BCUT2D eigenvalue weighted by molar-refractivity contribution is -0.126. The van der Waals surface area contributed by atoms with Crippen LogP contribution < -0.4 is 5.73 Å². The molecule has 2 heterocycles. The van der Waals surface area contributed by atoms with Crippen LogP contribution in [0.2, 0.25) is 0 Å². The third kappa shape index (κ3) is 4.28. The number of carbonyl (C=O) groups excluding carboxylic acids is 2. The number of halogens is 1. The van der Waals surface area contributed by atoms with Gasteiger partial charge in [0.25, 0.3) is 5.91 Å². The number of hydrogen-bond acceptors (Lipinski definition) is 3. The van der Waals surface area contributed by atoms with Gasteiger partial charge in [-0.3, -0.25) is 14.7 Å². The first-order chi connectivity index (χ1) is 15.3. The van der Waals surface area contributed by atoms with E-state index >= 15 is 0 Å². The van der Waals surface area contributed by atoms with Crippen molar-refractivity contribution < 1.29 is 14.0 Å². The fourth-order valence-corrected chi connectivity index (χ4v) is 4.28. The fraction of sp³-hybridized carbons (Fsp3) is 0.320. The van der Waals surface area contributed by atoms with Crippen molar-refractivity contribution in [3.8, 4) is 11.1 Å². The summed E-state index contributed by atoms with van der Waals surface area (Å²) in [6.45, 7) is 4.75. The second kappa shape index (κ2) is 8.57. The SMILES string of the molecule is CC(C)c1cc(C(=O)N2CC[C@@](Cc3cccc(-c4ccc(F)cc4)c3)(C(N)=O)C2)n[nH]1. The molecule has 1 aliphatic heterocycles. The molecule has 7 heteroatoms. The summed E-state index contributed by atoms with van der Waals surface area (Å²) in [4.78, 5) is 27.2. The van der Waals surface area contributed by atoms with Gasteiger partial charge in [0.15, 0.2) is 0 Å². The van der Waals surface area contributed by atoms with Crippen LogP contribution in [0.3, 0.4) is 0 Å². The average Bonchev–Trinajstić information content (AvgIpc) is 3.43. The summed E-state index contributed by atoms with van der Waals surface area (Å²) in [6, 6.07) is 15.9. The van der Waals surface area contributed by atoms with Gasteiger partial charge in [-0.05, 0) is 53.6 Å². The maximum absolute atomic E-state index is 13.3. The fourth-order valence-electron chi connectivity index (χ4n) is 4.28. The molecule has 0 unspecified atom stereocenters. The Kier molecular flexibility index (Phi) is 5.82. The number of hydrogen-bond donors (Lipinski definition) is 2. The van der Waals surface area contributed by atoms with Crippen molar-refractivity contribution in [1.29, 1.82) is 0 Å². The third-order valence-electron chi connectivity index (χ3n) is 6.25. The molecule has 166 valence electrons. The zero-order valence-electron chi connectivity index (χ0n) is 18.3. The molecule has 2 amide bonds. The van der Waals surface area contributed by atoms with Gasteiger partial charge in [-0.15, -0.1) is 0 Å². The molecule has 0 radical (unpaired) electrons. The molecule has 2 aromatic carbocycles. The van der Waals surface area contributed by atoms with Crippen LogP contribution in [0.5, 0.6) is 0 Å². The number of aromatic amines is 1. The molecule has 1 aliphatic rings. The number of nitrogens with one attached hydrogen (secondary N) is 1. The summed E-state index contributed by atoms with van der Waals surface area (Å²) >= 11 is 0. The predicted octanol–water partition coefficient (Wildman–Crippen LogP) is 3.90. The van der Waals surface area contributed by atoms with Crippen LogP contribution in [0.15, 0.2) is 54.6 Å². The van der Waals surface area contributed by atoms with Gasteiger partial charge >= 0.3 is 0 Å². The van der Waals surface area contributed by atoms with Crippen LogP contribution in [-0.2, 0) is 11.2 Å². The topological polar surface area (TPSA) is 92.1 Å². The van der Waals surface area contributed by atoms with Crippen molar-refractivity contribution in [2.75, 3.05) is 13.1 Å². The van der Waals surface area contributed by atoms with Crippen molar-refractivity contribution in [2.45, 2.75) is 32.6 Å². The van der Waals surface area contributed by atoms with Gasteiger partial charge in [0.05, 0.1) is 5.41 Å². The van der Waals surface area contributed by atoms with Crippen molar-refractivity contribution in [2.24, 2.45) is 11.1 Å². The maximum atomic E-state index is 13.3. The molecule has 0 bridgehead atoms. The van der Waals surface area contributed by atoms with E-state index in [0.717, 1.165) is 22.4 Å². The highest BCUT2D eigenvalue weighted by Crippen LogP contribution is 2.35. The minimum atomic E-state index is -0.839. The van der Waals surface area contributed by atoms with E-state index in [9.17, 15) is 14.0 Å². The van der Waals surface area contributed by atoms with Gasteiger partial charge in [-0.2, -0.15) is 5.10 Å². The van der Waals surface area contributed by atoms with Gasteiger partial charge in [0.2, 0.25) is 5.91 Å². The monoisotopic (exact) mass is 434 g/mol. The summed E-state index contributed by atoms with van der Waals surface area (Å²) in [7, 11) is 0. The Morgan fingerprint density at radius 3 is 2.56 bits per heavy atom. The molecule has 6 nitrogen and oxygen atoms in total. The Balaban J connectivity index is 1.54. The minimum Gasteiger partial charge on any atom is -0.369 e. The summed E-state index contributed by atoms with van der Waals surface area (Å²) in [5.74, 6) is -0.660. The number of likely N-dealkylation sites (tertiary alicyclic amines) is 1. The molecule has 0 saturated carbocycles. The van der Waals surface area contributed by atoms with E-state index in [1.807, 2.05) is 38.1 Å². The normalized spacial score (nSPS) is 18.3. The second-order valence-corrected chi connectivity index (χ2v) is 8.87. The molecule has 1 atom stereocenters. The van der Waals surface area contributed by atoms with Crippen molar-refractivity contribution in [3.05, 3.63) is 77.4 Å². The van der Waals surface area contributed by atoms with E-state index < -0.39 is 11.3 Å². The van der Waals surface area contributed by atoms with Crippen LogP contribution >= 0.6 is 0 Å². The first kappa shape index (κ1) is 21.7. The van der Waals surface area contributed by atoms with E-state index in [4.69, 9.17) is 5.73 Å². The number of nitrogens with zero attached hydrogens (tertiary/aromatic N) is 2. The van der Waals surface area contributed by atoms with Crippen LogP contribution in [0.25, 0.3) is 11.1 Å². The van der Waals surface area contributed by atoms with Crippen LogP contribution in [0.1, 0.15) is 47.9 Å². The maximum Gasteiger partial charge on any atom is 0.274 e. The van der Waals surface area contributed by atoms with E-state index in [2.05, 4.69) is 10.2 Å². The van der Waals surface area contributed by atoms with Crippen molar-refractivity contribution in [1.82, 2.24) is 15.1 Å². The number of primary amides is 1. The minimum absolute atomic E-state index is 0.198. The predicted molar refractivity (Wildman–Crippen MR) is 120 cm³/mol. The number of benzene rings is 2. The standard InChI is InChI=1S/C25H27FN4O2/c1-16(2)21-13-22(29-28-21)23(31)30-11-10-25(15-30,24(27)32)14-17-4-3-5-19(12-17)18-6-8-20(26)9-7-18/h3-9,12-13,16H,10-11,14-15H2,1-2H3,(H2,27,32)(H,28,29)/t25-/m0/s1. The van der Waals surface area contributed by atoms with E-state index in [1.54, 1.807) is 23.1 Å². The van der Waals surface area contributed by atoms with Gasteiger partial charge in [-0.1, -0.05) is 50.2 Å². The summed E-state index contributed by atoms with van der Waals surface area (Å²) in [6.07, 6.45) is 0.926. The number of rotatable bonds is 6. The molecule has 1 aromatic heterocycles. The van der Waals surface area contributed by atoms with Gasteiger partial charge in [-0.25, -0.2) is 4.39 Å². The molecule has 1 saturated heterocycles. The highest BCUT2D eigenvalue weighted by molar-refractivity contribution is 5.93. The molecule has 32 heavy (non-hydrogen) atoms. The number of aromatic nitrogens is 2. The smallest absolute Gasteiger partial charge is 0.274 e. The Bertz CT molecular complexity index is 1140. The lowest BCUT2D eigenvalue weighted by Crippen LogP contribution is -2.42. The van der Waals surface area contributed by atoms with Crippen LogP contribution in [-0.4, -0.2) is 40.0 Å². The summed E-state index contributed by atoms with van der Waals surface area (Å²) in [5, 5.41) is 7.06. The van der Waals surface area contributed by atoms with Gasteiger partial charge in [0, 0.05) is 18.8 Å². The molecule has 1 fully saturated rings. The zero-order valence-corrected chi connectivity index (χ0v) is 18.3. The molecule has 3 aromatic rings. The summed E-state index contributed by atoms with van der Waals surface area (Å²) in [5.41, 5.74) is 9.04. The molecular formula is C25H27FN4O2. The quantitative estimate of drug-likeness (QED) is 0.616. The Hall–Kier alpha value is -3.48. The zero-order chi connectivity index (χ0) is 22.9. The molecular weight excluding hydrogens is 407 g/mol. The van der Waals surface area contributed by atoms with E-state index in [0.29, 0.717) is 25.1 Å². The molecule has 4 rings (SSSR count). The van der Waals surface area contributed by atoms with Crippen LogP contribution in [0.4, 0.5) is 4.39 Å². The lowest BCUT2D eigenvalue weighted by Gasteiger charge is -2.26. The highest BCUT2D eigenvalue weighted by atomic mass is 19.1. The first-order valence-electron chi connectivity index (χ1n) is 10.8. The highest BCUT2D eigenvalue weighted by Gasteiger charge is 2.45. The number of carbonyl (C=O) groups is 2. The van der Waals surface area contributed by atoms with Crippen LogP contribution in [0, 0.1) is 11.2 Å². The van der Waals surface area contributed by atoms with Crippen molar-refractivity contribution in [3.63, 3.8) is 0 Å². The third-order valence-corrected chi connectivity index (χ3v) is 6.25. The Labute approximate surface area is 186 Å². The molecule has 0 aliphatic carbocycles. The van der Waals surface area contributed by atoms with E-state index in [-0.39, 0.29) is 24.2 Å². The molecule has 3 N–H and O–H groups in total. The lowest BCUT2D eigenvalue weighted by atomic mass is 9.79. The largest absolute Gasteiger partial charge is 0.369 e. The summed E-state index contributed by atoms with van der Waals surface area (Å²) < 4.78 is 13.3.